The molecule has 0 amide bonds. The molecule has 0 heterocycles. The summed E-state index contributed by atoms with van der Waals surface area (Å²) in [4.78, 5) is 0. The van der Waals surface area contributed by atoms with Crippen molar-refractivity contribution in [1.29, 1.82) is 0 Å². The van der Waals surface area contributed by atoms with E-state index < -0.39 is 0 Å². The van der Waals surface area contributed by atoms with Gasteiger partial charge in [0.15, 0.2) is 0 Å². The van der Waals surface area contributed by atoms with Crippen LogP contribution < -0.4 is 0 Å². The molecule has 0 saturated heterocycles. The minimum Gasteiger partial charge on any atom is -0.0988 e. The molecule has 0 unspecified atom stereocenters. The molecule has 0 heteroatoms. The normalized spacial score (nSPS) is 11.9. The molecule has 0 nitrogen and oxygen atoms in total. The summed E-state index contributed by atoms with van der Waals surface area (Å²) in [5.41, 5.74) is 4.78. The molecule has 1 aromatic carbocycles. The van der Waals surface area contributed by atoms with Crippen LogP contribution >= 0.6 is 0 Å². The quantitative estimate of drug-likeness (QED) is 0.619. The van der Waals surface area contributed by atoms with Gasteiger partial charge >= 0.3 is 0 Å². The Morgan fingerprint density at radius 1 is 1.07 bits per heavy atom. The highest BCUT2D eigenvalue weighted by Gasteiger charge is 1.99. The van der Waals surface area contributed by atoms with Crippen LogP contribution in [-0.4, -0.2) is 0 Å². The Morgan fingerprint density at radius 2 is 1.64 bits per heavy atom. The maximum Gasteiger partial charge on any atom is -0.0161 e. The largest absolute Gasteiger partial charge is 0.0988 e. The Kier molecular flexibility index (Phi) is 3.47. The molecule has 0 bridgehead atoms. The molecule has 0 aliphatic heterocycles. The zero-order valence-corrected chi connectivity index (χ0v) is 8.88. The lowest BCUT2D eigenvalue weighted by Gasteiger charge is -2.05. The van der Waals surface area contributed by atoms with E-state index in [1.807, 2.05) is 19.1 Å². The summed E-state index contributed by atoms with van der Waals surface area (Å²) in [5.74, 6) is 0. The van der Waals surface area contributed by atoms with Gasteiger partial charge in [0.1, 0.15) is 0 Å². The lowest BCUT2D eigenvalue weighted by Crippen LogP contribution is -1.84. The Hall–Kier alpha value is -1.56. The van der Waals surface area contributed by atoms with E-state index in [4.69, 9.17) is 0 Å². The summed E-state index contributed by atoms with van der Waals surface area (Å²) in [7, 11) is 0. The van der Waals surface area contributed by atoms with E-state index in [-0.39, 0.29) is 0 Å². The molecule has 0 N–H and O–H groups in total. The highest BCUT2D eigenvalue weighted by molar-refractivity contribution is 5.77. The van der Waals surface area contributed by atoms with Gasteiger partial charge in [0.05, 0.1) is 0 Å². The van der Waals surface area contributed by atoms with Crippen LogP contribution in [0.1, 0.15) is 18.1 Å². The van der Waals surface area contributed by atoms with E-state index in [1.54, 1.807) is 0 Å². The molecule has 0 radical (unpaired) electrons. The SMILES string of the molecule is C=C/C(C)=C(\C=C)c1ccc(C)cc1. The van der Waals surface area contributed by atoms with Crippen LogP contribution in [0.4, 0.5) is 0 Å². The van der Waals surface area contributed by atoms with Crippen molar-refractivity contribution in [3.05, 3.63) is 66.3 Å². The molecule has 0 atom stereocenters. The van der Waals surface area contributed by atoms with Gasteiger partial charge < -0.3 is 0 Å². The van der Waals surface area contributed by atoms with E-state index in [9.17, 15) is 0 Å². The summed E-state index contributed by atoms with van der Waals surface area (Å²) >= 11 is 0. The fraction of sp³-hybridized carbons (Fsp3) is 0.143. The molecule has 0 aliphatic rings. The van der Waals surface area contributed by atoms with Gasteiger partial charge in [-0.3, -0.25) is 0 Å². The molecule has 0 aliphatic carbocycles. The Bertz CT molecular complexity index is 364. The van der Waals surface area contributed by atoms with Gasteiger partial charge in [-0.25, -0.2) is 0 Å². The van der Waals surface area contributed by atoms with Gasteiger partial charge in [-0.2, -0.15) is 0 Å². The van der Waals surface area contributed by atoms with Crippen molar-refractivity contribution in [2.24, 2.45) is 0 Å². The maximum atomic E-state index is 3.82. The molecule has 0 spiro atoms. The van der Waals surface area contributed by atoms with E-state index in [2.05, 4.69) is 44.3 Å². The molecular weight excluding hydrogens is 168 g/mol. The third-order valence-corrected chi connectivity index (χ3v) is 2.30. The van der Waals surface area contributed by atoms with Crippen LogP contribution in [-0.2, 0) is 0 Å². The highest BCUT2D eigenvalue weighted by atomic mass is 14.0. The summed E-state index contributed by atoms with van der Waals surface area (Å²) in [6.07, 6.45) is 3.73. The van der Waals surface area contributed by atoms with Crippen LogP contribution in [0.5, 0.6) is 0 Å². The second-order valence-electron chi connectivity index (χ2n) is 3.37. The Balaban J connectivity index is 3.20. The second kappa shape index (κ2) is 4.61. The average Bonchev–Trinajstić information content (AvgIpc) is 2.21. The van der Waals surface area contributed by atoms with Gasteiger partial charge in [-0.05, 0) is 30.6 Å². The minimum atomic E-state index is 1.15. The standard InChI is InChI=1S/C14H16/c1-5-12(4)14(6-2)13-9-7-11(3)8-10-13/h5-10H,1-2H2,3-4H3/b14-12+. The van der Waals surface area contributed by atoms with Gasteiger partial charge in [0.25, 0.3) is 0 Å². The second-order valence-corrected chi connectivity index (χ2v) is 3.37. The third kappa shape index (κ3) is 2.23. The molecule has 1 rings (SSSR count). The molecular formula is C14H16. The highest BCUT2D eigenvalue weighted by Crippen LogP contribution is 2.20. The number of hydrogen-bond acceptors (Lipinski definition) is 0. The number of benzene rings is 1. The Labute approximate surface area is 86.3 Å². The van der Waals surface area contributed by atoms with E-state index in [0.717, 1.165) is 11.1 Å². The van der Waals surface area contributed by atoms with Crippen LogP contribution in [0.25, 0.3) is 5.57 Å². The number of hydrogen-bond donors (Lipinski definition) is 0. The molecule has 14 heavy (non-hydrogen) atoms. The summed E-state index contributed by atoms with van der Waals surface area (Å²) in [6, 6.07) is 8.43. The first-order valence-electron chi connectivity index (χ1n) is 4.72. The minimum absolute atomic E-state index is 1.15. The van der Waals surface area contributed by atoms with Gasteiger partial charge in [-0.1, -0.05) is 55.1 Å². The summed E-state index contributed by atoms with van der Waals surface area (Å²) < 4.78 is 0. The average molecular weight is 184 g/mol. The van der Waals surface area contributed by atoms with Crippen LogP contribution in [0.3, 0.4) is 0 Å². The molecule has 72 valence electrons. The Morgan fingerprint density at radius 3 is 2.07 bits per heavy atom. The number of rotatable bonds is 3. The van der Waals surface area contributed by atoms with Crippen molar-refractivity contribution in [2.75, 3.05) is 0 Å². The van der Waals surface area contributed by atoms with Gasteiger partial charge in [0, 0.05) is 0 Å². The number of aryl methyl sites for hydroxylation is 1. The third-order valence-electron chi connectivity index (χ3n) is 2.30. The zero-order chi connectivity index (χ0) is 10.6. The van der Waals surface area contributed by atoms with Crippen molar-refractivity contribution in [1.82, 2.24) is 0 Å². The van der Waals surface area contributed by atoms with Crippen molar-refractivity contribution >= 4 is 5.57 Å². The summed E-state index contributed by atoms with van der Waals surface area (Å²) in [5, 5.41) is 0. The lowest BCUT2D eigenvalue weighted by molar-refractivity contribution is 1.44. The van der Waals surface area contributed by atoms with E-state index in [0.29, 0.717) is 0 Å². The fourth-order valence-electron chi connectivity index (χ4n) is 1.35. The smallest absolute Gasteiger partial charge is 0.0161 e. The van der Waals surface area contributed by atoms with Crippen LogP contribution in [0.2, 0.25) is 0 Å². The van der Waals surface area contributed by atoms with Gasteiger partial charge in [-0.15, -0.1) is 0 Å². The van der Waals surface area contributed by atoms with E-state index in [1.165, 1.54) is 11.1 Å². The monoisotopic (exact) mass is 184 g/mol. The predicted molar refractivity (Wildman–Crippen MR) is 64.2 cm³/mol. The van der Waals surface area contributed by atoms with Crippen molar-refractivity contribution in [2.45, 2.75) is 13.8 Å². The van der Waals surface area contributed by atoms with Crippen molar-refractivity contribution < 1.29 is 0 Å². The molecule has 1 aromatic rings. The van der Waals surface area contributed by atoms with Gasteiger partial charge in [0.2, 0.25) is 0 Å². The van der Waals surface area contributed by atoms with Crippen LogP contribution in [0, 0.1) is 6.92 Å². The molecule has 0 fully saturated rings. The number of allylic oxidation sites excluding steroid dienone is 4. The van der Waals surface area contributed by atoms with Crippen molar-refractivity contribution in [3.8, 4) is 0 Å². The molecule has 0 aromatic heterocycles. The summed E-state index contributed by atoms with van der Waals surface area (Å²) in [6.45, 7) is 11.7. The zero-order valence-electron chi connectivity index (χ0n) is 8.88. The lowest BCUT2D eigenvalue weighted by atomic mass is 10.00. The topological polar surface area (TPSA) is 0 Å². The first-order chi connectivity index (χ1) is 6.69. The predicted octanol–water partition coefficient (Wildman–Crippen LogP) is 4.14. The first kappa shape index (κ1) is 10.5. The van der Waals surface area contributed by atoms with E-state index >= 15 is 0 Å². The fourth-order valence-corrected chi connectivity index (χ4v) is 1.35. The maximum absolute atomic E-state index is 3.82. The van der Waals surface area contributed by atoms with Crippen molar-refractivity contribution in [3.63, 3.8) is 0 Å². The first-order valence-corrected chi connectivity index (χ1v) is 4.72. The van der Waals surface area contributed by atoms with Crippen LogP contribution in [0.15, 0.2) is 55.1 Å². The molecule has 0 saturated carbocycles.